The fourth-order valence-corrected chi connectivity index (χ4v) is 6.85. The van der Waals surface area contributed by atoms with Gasteiger partial charge in [0.15, 0.2) is 0 Å². The predicted molar refractivity (Wildman–Crippen MR) is 153 cm³/mol. The molecule has 2 atom stereocenters. The molecule has 2 aromatic carbocycles. The number of likely N-dealkylation sites (tertiary alicyclic amines) is 1. The van der Waals surface area contributed by atoms with Crippen LogP contribution >= 0.6 is 11.8 Å². The first-order valence-electron chi connectivity index (χ1n) is 13.6. The van der Waals surface area contributed by atoms with Crippen molar-refractivity contribution in [3.63, 3.8) is 0 Å². The predicted octanol–water partition coefficient (Wildman–Crippen LogP) is 5.28. The van der Waals surface area contributed by atoms with Crippen molar-refractivity contribution in [2.24, 2.45) is 5.92 Å². The van der Waals surface area contributed by atoms with Gasteiger partial charge in [-0.1, -0.05) is 36.9 Å². The molecule has 4 heterocycles. The number of amides is 4. The third kappa shape index (κ3) is 4.88. The van der Waals surface area contributed by atoms with E-state index in [0.717, 1.165) is 33.3 Å². The normalized spacial score (nSPS) is 20.1. The Morgan fingerprint density at radius 1 is 1.07 bits per heavy atom. The number of carbonyl (C=O) groups is 3. The molecule has 4 amide bonds. The monoisotopic (exact) mass is 557 g/mol. The molecule has 0 spiro atoms. The zero-order valence-electron chi connectivity index (χ0n) is 22.4. The third-order valence-electron chi connectivity index (χ3n) is 7.70. The van der Waals surface area contributed by atoms with Crippen LogP contribution in [0, 0.1) is 12.8 Å². The first-order chi connectivity index (χ1) is 19.4. The summed E-state index contributed by atoms with van der Waals surface area (Å²) < 4.78 is 5.98. The van der Waals surface area contributed by atoms with Crippen molar-refractivity contribution in [2.45, 2.75) is 49.6 Å². The van der Waals surface area contributed by atoms with Crippen LogP contribution in [0.4, 0.5) is 16.2 Å². The van der Waals surface area contributed by atoms with Crippen LogP contribution < -0.4 is 20.3 Å². The Kier molecular flexibility index (Phi) is 7.10. The molecule has 3 aliphatic rings. The van der Waals surface area contributed by atoms with Crippen molar-refractivity contribution in [1.82, 2.24) is 20.5 Å². The number of aryl methyl sites for hydroxylation is 1. The van der Waals surface area contributed by atoms with Crippen molar-refractivity contribution < 1.29 is 19.1 Å². The minimum atomic E-state index is -0.390. The van der Waals surface area contributed by atoms with E-state index in [9.17, 15) is 14.4 Å². The molecule has 3 aromatic rings. The SMILES string of the molecule is CCC(=O)N1CCC(C(=O)NC2Sc3nccc4c3C2NC(=O)N4c2ccc(Oc3ccccc3)cc2C)CC1. The molecule has 0 bridgehead atoms. The molecule has 10 heteroatoms. The number of piperidine rings is 1. The van der Waals surface area contributed by atoms with Crippen molar-refractivity contribution in [1.29, 1.82) is 0 Å². The number of nitrogens with one attached hydrogen (secondary N) is 2. The summed E-state index contributed by atoms with van der Waals surface area (Å²) in [6, 6.07) is 16.4. The number of benzene rings is 2. The number of hydrogen-bond donors (Lipinski definition) is 2. The summed E-state index contributed by atoms with van der Waals surface area (Å²) in [5.74, 6) is 1.35. The lowest BCUT2D eigenvalue weighted by atomic mass is 9.95. The van der Waals surface area contributed by atoms with E-state index in [-0.39, 0.29) is 35.2 Å². The second kappa shape index (κ2) is 10.8. The summed E-state index contributed by atoms with van der Waals surface area (Å²) in [6.07, 6.45) is 3.46. The Balaban J connectivity index is 1.19. The van der Waals surface area contributed by atoms with Crippen molar-refractivity contribution in [3.8, 4) is 11.5 Å². The van der Waals surface area contributed by atoms with Gasteiger partial charge in [-0.2, -0.15) is 0 Å². The number of nitrogens with zero attached hydrogens (tertiary/aromatic N) is 3. The van der Waals surface area contributed by atoms with Crippen LogP contribution in [0.15, 0.2) is 65.8 Å². The summed E-state index contributed by atoms with van der Waals surface area (Å²) in [5, 5.41) is 6.72. The fraction of sp³-hybridized carbons (Fsp3) is 0.333. The second-order valence-corrected chi connectivity index (χ2v) is 11.4. The molecule has 6 rings (SSSR count). The lowest BCUT2D eigenvalue weighted by molar-refractivity contribution is -0.135. The quantitative estimate of drug-likeness (QED) is 0.427. The van der Waals surface area contributed by atoms with Gasteiger partial charge in [0.2, 0.25) is 11.8 Å². The van der Waals surface area contributed by atoms with Gasteiger partial charge in [-0.25, -0.2) is 9.78 Å². The zero-order chi connectivity index (χ0) is 27.8. The number of rotatable bonds is 6. The topological polar surface area (TPSA) is 104 Å². The maximum Gasteiger partial charge on any atom is 0.327 e. The van der Waals surface area contributed by atoms with E-state index in [4.69, 9.17) is 4.74 Å². The van der Waals surface area contributed by atoms with E-state index in [0.29, 0.717) is 38.1 Å². The molecule has 1 aromatic heterocycles. The average Bonchev–Trinajstić information content (AvgIpc) is 3.31. The highest BCUT2D eigenvalue weighted by molar-refractivity contribution is 8.00. The van der Waals surface area contributed by atoms with Crippen LogP contribution in [0.1, 0.15) is 43.4 Å². The maximum atomic E-state index is 13.5. The number of urea groups is 1. The van der Waals surface area contributed by atoms with Crippen molar-refractivity contribution in [3.05, 3.63) is 71.9 Å². The highest BCUT2D eigenvalue weighted by Crippen LogP contribution is 2.50. The van der Waals surface area contributed by atoms with Gasteiger partial charge in [0, 0.05) is 37.2 Å². The van der Waals surface area contributed by atoms with Crippen LogP contribution in [0.5, 0.6) is 11.5 Å². The van der Waals surface area contributed by atoms with Gasteiger partial charge in [-0.3, -0.25) is 14.5 Å². The van der Waals surface area contributed by atoms with Crippen LogP contribution in [0.3, 0.4) is 0 Å². The summed E-state index contributed by atoms with van der Waals surface area (Å²) in [5.41, 5.74) is 3.30. The van der Waals surface area contributed by atoms with Crippen LogP contribution in [0.2, 0.25) is 0 Å². The van der Waals surface area contributed by atoms with Gasteiger partial charge < -0.3 is 20.3 Å². The fourth-order valence-electron chi connectivity index (χ4n) is 5.61. The van der Waals surface area contributed by atoms with E-state index in [1.807, 2.05) is 73.3 Å². The Labute approximate surface area is 237 Å². The van der Waals surface area contributed by atoms with Gasteiger partial charge in [0.25, 0.3) is 0 Å². The van der Waals surface area contributed by atoms with Gasteiger partial charge in [0.05, 0.1) is 17.4 Å². The molecule has 1 fully saturated rings. The number of thioether (sulfide) groups is 1. The molecule has 40 heavy (non-hydrogen) atoms. The highest BCUT2D eigenvalue weighted by Gasteiger charge is 2.45. The second-order valence-electron chi connectivity index (χ2n) is 10.2. The molecule has 9 nitrogen and oxygen atoms in total. The largest absolute Gasteiger partial charge is 0.457 e. The molecule has 0 saturated carbocycles. The first-order valence-corrected chi connectivity index (χ1v) is 14.5. The average molecular weight is 558 g/mol. The minimum absolute atomic E-state index is 0.0445. The summed E-state index contributed by atoms with van der Waals surface area (Å²) in [6.45, 7) is 5.00. The Bertz CT molecular complexity index is 1460. The van der Waals surface area contributed by atoms with Gasteiger partial charge in [-0.05, 0) is 61.7 Å². The number of pyridine rings is 1. The van der Waals surface area contributed by atoms with Gasteiger partial charge >= 0.3 is 6.03 Å². The number of hydrogen-bond acceptors (Lipinski definition) is 6. The number of anilines is 2. The molecule has 0 aliphatic carbocycles. The molecule has 206 valence electrons. The molecule has 2 unspecified atom stereocenters. The lowest BCUT2D eigenvalue weighted by Crippen LogP contribution is -2.51. The summed E-state index contributed by atoms with van der Waals surface area (Å²) in [7, 11) is 0. The third-order valence-corrected chi connectivity index (χ3v) is 8.89. The zero-order valence-corrected chi connectivity index (χ0v) is 23.2. The van der Waals surface area contributed by atoms with Gasteiger partial charge in [-0.15, -0.1) is 0 Å². The van der Waals surface area contributed by atoms with E-state index < -0.39 is 0 Å². The Morgan fingerprint density at radius 2 is 1.85 bits per heavy atom. The highest BCUT2D eigenvalue weighted by atomic mass is 32.2. The number of aromatic nitrogens is 1. The van der Waals surface area contributed by atoms with E-state index >= 15 is 0 Å². The first kappa shape index (κ1) is 26.2. The number of ether oxygens (including phenoxy) is 1. The van der Waals surface area contributed by atoms with Crippen molar-refractivity contribution >= 4 is 41.0 Å². The molecular weight excluding hydrogens is 526 g/mol. The molecule has 1 saturated heterocycles. The molecule has 3 aliphatic heterocycles. The maximum absolute atomic E-state index is 13.5. The van der Waals surface area contributed by atoms with Crippen molar-refractivity contribution in [2.75, 3.05) is 18.0 Å². The number of carbonyl (C=O) groups excluding carboxylic acids is 3. The minimum Gasteiger partial charge on any atom is -0.457 e. The standard InChI is InChI=1S/C30H31N5O4S/c1-3-24(36)34-15-12-19(13-16-34)27(37)33-29-26-25-23(11-14-31-28(25)40-29)35(30(38)32-26)22-10-9-21(17-18(22)2)39-20-7-5-4-6-8-20/h4-11,14,17,19,26,29H,3,12-13,15-16H2,1-2H3,(H,32,38)(H,33,37). The van der Waals surface area contributed by atoms with Gasteiger partial charge in [0.1, 0.15) is 21.9 Å². The molecule has 2 N–H and O–H groups in total. The summed E-state index contributed by atoms with van der Waals surface area (Å²) >= 11 is 1.46. The molecular formula is C30H31N5O4S. The van der Waals surface area contributed by atoms with E-state index in [1.165, 1.54) is 11.8 Å². The summed E-state index contributed by atoms with van der Waals surface area (Å²) in [4.78, 5) is 46.8. The lowest BCUT2D eigenvalue weighted by Gasteiger charge is -2.36. The number of para-hydroxylation sites is 1. The van der Waals surface area contributed by atoms with Crippen LogP contribution in [-0.2, 0) is 9.59 Å². The van der Waals surface area contributed by atoms with E-state index in [2.05, 4.69) is 15.6 Å². The Hall–Kier alpha value is -4.05. The smallest absolute Gasteiger partial charge is 0.327 e. The Morgan fingerprint density at radius 3 is 2.58 bits per heavy atom. The van der Waals surface area contributed by atoms with E-state index in [1.54, 1.807) is 11.1 Å². The van der Waals surface area contributed by atoms with Crippen LogP contribution in [-0.4, -0.2) is 46.2 Å². The molecule has 0 radical (unpaired) electrons. The van der Waals surface area contributed by atoms with Crippen LogP contribution in [0.25, 0.3) is 0 Å².